The van der Waals surface area contributed by atoms with Gasteiger partial charge in [0.15, 0.2) is 0 Å². The molecule has 3 aromatic rings. The number of rotatable bonds is 5. The lowest BCUT2D eigenvalue weighted by Gasteiger charge is -2.25. The van der Waals surface area contributed by atoms with Crippen molar-refractivity contribution >= 4 is 17.4 Å². The molecule has 7 nitrogen and oxygen atoms in total. The van der Waals surface area contributed by atoms with E-state index in [1.165, 1.54) is 24.1 Å². The van der Waals surface area contributed by atoms with Gasteiger partial charge in [-0.3, -0.25) is 14.6 Å². The average molecular weight is 416 g/mol. The summed E-state index contributed by atoms with van der Waals surface area (Å²) in [5.41, 5.74) is 1.52. The number of methoxy groups -OCH3 is 1. The largest absolute Gasteiger partial charge is 0.508 e. The van der Waals surface area contributed by atoms with Crippen LogP contribution in [0.4, 0.5) is 0 Å². The monoisotopic (exact) mass is 416 g/mol. The molecule has 2 N–H and O–H groups in total. The lowest BCUT2D eigenvalue weighted by Crippen LogP contribution is -2.29. The van der Waals surface area contributed by atoms with Crippen LogP contribution in [0, 0.1) is 0 Å². The minimum absolute atomic E-state index is 0.0279. The lowest BCUT2D eigenvalue weighted by molar-refractivity contribution is -0.140. The summed E-state index contributed by atoms with van der Waals surface area (Å²) in [5, 5.41) is 20.7. The summed E-state index contributed by atoms with van der Waals surface area (Å²) in [6.07, 6.45) is 1.61. The van der Waals surface area contributed by atoms with E-state index in [0.29, 0.717) is 22.6 Å². The van der Waals surface area contributed by atoms with E-state index in [2.05, 4.69) is 4.98 Å². The highest BCUT2D eigenvalue weighted by atomic mass is 16.5. The van der Waals surface area contributed by atoms with Crippen LogP contribution in [0.5, 0.6) is 11.5 Å². The predicted octanol–water partition coefficient (Wildman–Crippen LogP) is 3.42. The number of hydrogen-bond acceptors (Lipinski definition) is 6. The molecule has 7 heteroatoms. The highest BCUT2D eigenvalue weighted by molar-refractivity contribution is 6.46. The van der Waals surface area contributed by atoms with E-state index < -0.39 is 17.7 Å². The van der Waals surface area contributed by atoms with Crippen molar-refractivity contribution in [2.24, 2.45) is 0 Å². The number of amides is 1. The first-order chi connectivity index (χ1) is 15.0. The highest BCUT2D eigenvalue weighted by Gasteiger charge is 2.46. The van der Waals surface area contributed by atoms with E-state index in [1.807, 2.05) is 0 Å². The van der Waals surface area contributed by atoms with Gasteiger partial charge in [-0.1, -0.05) is 30.3 Å². The molecule has 2 aromatic carbocycles. The van der Waals surface area contributed by atoms with Crippen LogP contribution in [0.2, 0.25) is 0 Å². The number of carbonyl (C=O) groups is 2. The zero-order valence-corrected chi connectivity index (χ0v) is 16.7. The summed E-state index contributed by atoms with van der Waals surface area (Å²) in [5.74, 6) is -1.24. The molecule has 0 radical (unpaired) electrons. The van der Waals surface area contributed by atoms with Gasteiger partial charge < -0.3 is 19.8 Å². The standard InChI is InChI=1S/C24H20N2O5/c1-31-19-7-4-5-16(13-19)22(28)20-21(15-8-10-18(27)11-9-15)26(24(30)23(20)29)14-17-6-2-3-12-25-17/h2-13,21,27-28H,14H2,1H3/b22-20-. The van der Waals surface area contributed by atoms with Crippen LogP contribution in [0.3, 0.4) is 0 Å². The summed E-state index contributed by atoms with van der Waals surface area (Å²) >= 11 is 0. The van der Waals surface area contributed by atoms with E-state index in [4.69, 9.17) is 4.74 Å². The third kappa shape index (κ3) is 3.85. The highest BCUT2D eigenvalue weighted by Crippen LogP contribution is 2.40. The Hall–Kier alpha value is -4.13. The number of aromatic nitrogens is 1. The number of phenols is 1. The van der Waals surface area contributed by atoms with Crippen LogP contribution < -0.4 is 4.74 Å². The SMILES string of the molecule is COc1cccc(/C(O)=C2/C(=O)C(=O)N(Cc3ccccn3)C2c2ccc(O)cc2)c1. The molecule has 0 bridgehead atoms. The van der Waals surface area contributed by atoms with Crippen molar-refractivity contribution in [2.75, 3.05) is 7.11 Å². The maximum atomic E-state index is 13.0. The molecule has 1 aromatic heterocycles. The number of Topliss-reactive ketones (excluding diaryl/α,β-unsaturated/α-hetero) is 1. The van der Waals surface area contributed by atoms with Gasteiger partial charge in [-0.25, -0.2) is 0 Å². The van der Waals surface area contributed by atoms with E-state index in [1.54, 1.807) is 60.8 Å². The summed E-state index contributed by atoms with van der Waals surface area (Å²) in [4.78, 5) is 31.6. The molecule has 4 rings (SSSR count). The number of aromatic hydroxyl groups is 1. The van der Waals surface area contributed by atoms with Crippen LogP contribution in [0.15, 0.2) is 78.5 Å². The van der Waals surface area contributed by atoms with Crippen LogP contribution >= 0.6 is 0 Å². The Morgan fingerprint density at radius 2 is 1.84 bits per heavy atom. The van der Waals surface area contributed by atoms with E-state index >= 15 is 0 Å². The van der Waals surface area contributed by atoms with Gasteiger partial charge in [0, 0.05) is 11.8 Å². The summed E-state index contributed by atoms with van der Waals surface area (Å²) in [6.45, 7) is 0.0891. The van der Waals surface area contributed by atoms with Gasteiger partial charge in [0.25, 0.3) is 11.7 Å². The summed E-state index contributed by atoms with van der Waals surface area (Å²) in [7, 11) is 1.50. The number of benzene rings is 2. The molecule has 0 spiro atoms. The number of likely N-dealkylation sites (tertiary alicyclic amines) is 1. The number of hydrogen-bond donors (Lipinski definition) is 2. The van der Waals surface area contributed by atoms with Crippen molar-refractivity contribution in [3.8, 4) is 11.5 Å². The molecule has 1 saturated heterocycles. The van der Waals surface area contributed by atoms with Gasteiger partial charge in [-0.05, 0) is 42.0 Å². The van der Waals surface area contributed by atoms with Crippen molar-refractivity contribution in [3.05, 3.63) is 95.3 Å². The molecule has 0 saturated carbocycles. The minimum Gasteiger partial charge on any atom is -0.508 e. The molecule has 31 heavy (non-hydrogen) atoms. The number of nitrogens with zero attached hydrogens (tertiary/aromatic N) is 2. The van der Waals surface area contributed by atoms with Crippen LogP contribution in [0.25, 0.3) is 5.76 Å². The lowest BCUT2D eigenvalue weighted by atomic mass is 9.95. The first kappa shape index (κ1) is 20.2. The molecule has 1 atom stereocenters. The van der Waals surface area contributed by atoms with Gasteiger partial charge in [-0.15, -0.1) is 0 Å². The molecular formula is C24H20N2O5. The normalized spacial score (nSPS) is 17.7. The van der Waals surface area contributed by atoms with Crippen molar-refractivity contribution in [1.29, 1.82) is 0 Å². The van der Waals surface area contributed by atoms with Crippen molar-refractivity contribution in [1.82, 2.24) is 9.88 Å². The van der Waals surface area contributed by atoms with E-state index in [0.717, 1.165) is 0 Å². The fourth-order valence-electron chi connectivity index (χ4n) is 3.64. The number of pyridine rings is 1. The molecule has 1 fully saturated rings. The van der Waals surface area contributed by atoms with Gasteiger partial charge in [-0.2, -0.15) is 0 Å². The number of ether oxygens (including phenoxy) is 1. The summed E-state index contributed by atoms with van der Waals surface area (Å²) in [6, 6.07) is 17.3. The van der Waals surface area contributed by atoms with Crippen molar-refractivity contribution < 1.29 is 24.5 Å². The fourth-order valence-corrected chi connectivity index (χ4v) is 3.64. The van der Waals surface area contributed by atoms with Crippen LogP contribution in [-0.4, -0.2) is 38.9 Å². The van der Waals surface area contributed by atoms with Crippen LogP contribution in [-0.2, 0) is 16.1 Å². The Morgan fingerprint density at radius 3 is 2.52 bits per heavy atom. The van der Waals surface area contributed by atoms with Gasteiger partial charge in [0.05, 0.1) is 31.0 Å². The number of carbonyl (C=O) groups excluding carboxylic acids is 2. The number of ketones is 1. The predicted molar refractivity (Wildman–Crippen MR) is 113 cm³/mol. The summed E-state index contributed by atoms with van der Waals surface area (Å²) < 4.78 is 5.21. The topological polar surface area (TPSA) is 100.0 Å². The first-order valence-electron chi connectivity index (χ1n) is 9.61. The first-order valence-corrected chi connectivity index (χ1v) is 9.61. The molecule has 1 unspecified atom stereocenters. The molecule has 1 aliphatic rings. The van der Waals surface area contributed by atoms with E-state index in [9.17, 15) is 19.8 Å². The zero-order valence-electron chi connectivity index (χ0n) is 16.7. The maximum absolute atomic E-state index is 13.0. The quantitative estimate of drug-likeness (QED) is 0.376. The Kier molecular flexibility index (Phi) is 5.41. The fraction of sp³-hybridized carbons (Fsp3) is 0.125. The number of phenolic OH excluding ortho intramolecular Hbond substituents is 1. The second-order valence-corrected chi connectivity index (χ2v) is 7.07. The second kappa shape index (κ2) is 8.31. The van der Waals surface area contributed by atoms with Crippen molar-refractivity contribution in [3.63, 3.8) is 0 Å². The van der Waals surface area contributed by atoms with Gasteiger partial charge in [0.2, 0.25) is 0 Å². The Balaban J connectivity index is 1.86. The molecule has 156 valence electrons. The Labute approximate surface area is 178 Å². The smallest absolute Gasteiger partial charge is 0.296 e. The molecular weight excluding hydrogens is 396 g/mol. The molecule has 2 heterocycles. The van der Waals surface area contributed by atoms with Crippen LogP contribution in [0.1, 0.15) is 22.9 Å². The Morgan fingerprint density at radius 1 is 1.06 bits per heavy atom. The van der Waals surface area contributed by atoms with Gasteiger partial charge in [0.1, 0.15) is 17.3 Å². The second-order valence-electron chi connectivity index (χ2n) is 7.07. The van der Waals surface area contributed by atoms with E-state index in [-0.39, 0.29) is 23.6 Å². The maximum Gasteiger partial charge on any atom is 0.296 e. The van der Waals surface area contributed by atoms with Gasteiger partial charge >= 0.3 is 0 Å². The molecule has 0 aliphatic carbocycles. The molecule has 1 aliphatic heterocycles. The zero-order chi connectivity index (χ0) is 22.0. The minimum atomic E-state index is -0.839. The average Bonchev–Trinajstić information content (AvgIpc) is 3.05. The third-order valence-electron chi connectivity index (χ3n) is 5.15. The van der Waals surface area contributed by atoms with Crippen molar-refractivity contribution in [2.45, 2.75) is 12.6 Å². The molecule has 1 amide bonds. The number of aliphatic hydroxyl groups excluding tert-OH is 1. The third-order valence-corrected chi connectivity index (χ3v) is 5.15. The Bertz CT molecular complexity index is 1160. The number of aliphatic hydroxyl groups is 1.